The van der Waals surface area contributed by atoms with Crippen molar-refractivity contribution in [1.82, 2.24) is 14.5 Å². The zero-order valence-corrected chi connectivity index (χ0v) is 13.7. The summed E-state index contributed by atoms with van der Waals surface area (Å²) in [5, 5.41) is 2.80. The molecule has 0 fully saturated rings. The Balaban J connectivity index is 1.57. The lowest BCUT2D eigenvalue weighted by Gasteiger charge is -2.07. The van der Waals surface area contributed by atoms with Crippen molar-refractivity contribution < 1.29 is 4.79 Å². The minimum absolute atomic E-state index is 0.182. The molecule has 0 atom stereocenters. The van der Waals surface area contributed by atoms with Crippen LogP contribution in [0, 0.1) is 6.92 Å². The number of nitrogens with one attached hydrogen (secondary N) is 1. The van der Waals surface area contributed by atoms with E-state index in [9.17, 15) is 4.79 Å². The minimum Gasteiger partial charge on any atom is -0.307 e. The second kappa shape index (κ2) is 6.20. The molecular formula is C20H16N4O. The minimum atomic E-state index is -0.182. The van der Waals surface area contributed by atoms with E-state index in [1.165, 1.54) is 0 Å². The number of imidazole rings is 1. The molecule has 1 amide bonds. The van der Waals surface area contributed by atoms with Crippen molar-refractivity contribution in [1.29, 1.82) is 0 Å². The van der Waals surface area contributed by atoms with Gasteiger partial charge >= 0.3 is 0 Å². The van der Waals surface area contributed by atoms with E-state index in [1.807, 2.05) is 54.0 Å². The van der Waals surface area contributed by atoms with Crippen molar-refractivity contribution in [2.24, 2.45) is 0 Å². The number of benzene rings is 2. The summed E-state index contributed by atoms with van der Waals surface area (Å²) >= 11 is 0. The van der Waals surface area contributed by atoms with Gasteiger partial charge in [0.15, 0.2) is 0 Å². The van der Waals surface area contributed by atoms with Gasteiger partial charge in [0.2, 0.25) is 0 Å². The van der Waals surface area contributed by atoms with Crippen molar-refractivity contribution >= 4 is 22.8 Å². The molecule has 0 aliphatic carbocycles. The number of nitrogens with zero attached hydrogens (tertiary/aromatic N) is 3. The summed E-state index contributed by atoms with van der Waals surface area (Å²) in [4.78, 5) is 20.9. The summed E-state index contributed by atoms with van der Waals surface area (Å²) < 4.78 is 2.00. The Hall–Kier alpha value is -3.47. The Labute approximate surface area is 145 Å². The first-order valence-corrected chi connectivity index (χ1v) is 7.97. The van der Waals surface area contributed by atoms with Gasteiger partial charge in [0.25, 0.3) is 5.91 Å². The molecule has 0 aliphatic heterocycles. The van der Waals surface area contributed by atoms with Crippen molar-refractivity contribution in [3.63, 3.8) is 0 Å². The smallest absolute Gasteiger partial charge is 0.256 e. The maximum Gasteiger partial charge on any atom is 0.256 e. The standard InChI is InChI=1S/C20H16N4O/c1-14-6-11-19(21-12-14)23-20(25)15-7-9-16(10-8-15)24-13-22-17-4-2-3-5-18(17)24/h2-13H,1H3,(H,21,23,25). The molecule has 5 nitrogen and oxygen atoms in total. The van der Waals surface area contributed by atoms with Gasteiger partial charge in [0, 0.05) is 17.4 Å². The highest BCUT2D eigenvalue weighted by molar-refractivity contribution is 6.03. The zero-order valence-electron chi connectivity index (χ0n) is 13.7. The third kappa shape index (κ3) is 2.99. The third-order valence-electron chi connectivity index (χ3n) is 4.01. The van der Waals surface area contributed by atoms with E-state index < -0.39 is 0 Å². The molecule has 4 rings (SSSR count). The summed E-state index contributed by atoms with van der Waals surface area (Å²) in [7, 11) is 0. The summed E-state index contributed by atoms with van der Waals surface area (Å²) in [5.41, 5.74) is 4.56. The fraction of sp³-hybridized carbons (Fsp3) is 0.0500. The van der Waals surface area contributed by atoms with E-state index >= 15 is 0 Å². The van der Waals surface area contributed by atoms with E-state index in [0.29, 0.717) is 11.4 Å². The number of amides is 1. The van der Waals surface area contributed by atoms with Gasteiger partial charge in [-0.1, -0.05) is 18.2 Å². The summed E-state index contributed by atoms with van der Waals surface area (Å²) in [6, 6.07) is 19.1. The molecule has 0 bridgehead atoms. The maximum absolute atomic E-state index is 12.3. The molecule has 2 aromatic heterocycles. The number of carbonyl (C=O) groups excluding carboxylic acids is 1. The largest absolute Gasteiger partial charge is 0.307 e. The molecule has 25 heavy (non-hydrogen) atoms. The van der Waals surface area contributed by atoms with Gasteiger partial charge in [-0.2, -0.15) is 0 Å². The number of hydrogen-bond acceptors (Lipinski definition) is 3. The zero-order chi connectivity index (χ0) is 17.2. The van der Waals surface area contributed by atoms with Crippen LogP contribution in [0.3, 0.4) is 0 Å². The van der Waals surface area contributed by atoms with Crippen molar-refractivity contribution in [3.05, 3.63) is 84.3 Å². The molecule has 0 saturated heterocycles. The molecule has 0 radical (unpaired) electrons. The first-order chi connectivity index (χ1) is 12.2. The van der Waals surface area contributed by atoms with E-state index in [1.54, 1.807) is 30.7 Å². The number of rotatable bonds is 3. The maximum atomic E-state index is 12.3. The van der Waals surface area contributed by atoms with Crippen LogP contribution in [0.15, 0.2) is 73.2 Å². The van der Waals surface area contributed by atoms with Crippen LogP contribution in [0.1, 0.15) is 15.9 Å². The lowest BCUT2D eigenvalue weighted by molar-refractivity contribution is 0.102. The van der Waals surface area contributed by atoms with Crippen LogP contribution in [0.2, 0.25) is 0 Å². The molecule has 4 aromatic rings. The van der Waals surface area contributed by atoms with Crippen LogP contribution in [0.5, 0.6) is 0 Å². The normalized spacial score (nSPS) is 10.8. The summed E-state index contributed by atoms with van der Waals surface area (Å²) in [5.74, 6) is 0.360. The SMILES string of the molecule is Cc1ccc(NC(=O)c2ccc(-n3cnc4ccccc43)cc2)nc1. The van der Waals surface area contributed by atoms with Gasteiger partial charge in [-0.3, -0.25) is 9.36 Å². The fourth-order valence-corrected chi connectivity index (χ4v) is 2.67. The highest BCUT2D eigenvalue weighted by Crippen LogP contribution is 2.18. The topological polar surface area (TPSA) is 59.8 Å². The van der Waals surface area contributed by atoms with Crippen LogP contribution in [-0.4, -0.2) is 20.4 Å². The second-order valence-electron chi connectivity index (χ2n) is 5.83. The van der Waals surface area contributed by atoms with Crippen LogP contribution in [0.4, 0.5) is 5.82 Å². The number of pyridine rings is 1. The number of hydrogen-bond donors (Lipinski definition) is 1. The number of carbonyl (C=O) groups is 1. The molecule has 5 heteroatoms. The van der Waals surface area contributed by atoms with Gasteiger partial charge < -0.3 is 5.32 Å². The van der Waals surface area contributed by atoms with E-state index in [2.05, 4.69) is 15.3 Å². The predicted molar refractivity (Wildman–Crippen MR) is 98.0 cm³/mol. The quantitative estimate of drug-likeness (QED) is 0.619. The average molecular weight is 328 g/mol. The van der Waals surface area contributed by atoms with E-state index in [-0.39, 0.29) is 5.91 Å². The van der Waals surface area contributed by atoms with Gasteiger partial charge in [-0.05, 0) is 55.0 Å². The monoisotopic (exact) mass is 328 g/mol. The van der Waals surface area contributed by atoms with Crippen molar-refractivity contribution in [3.8, 4) is 5.69 Å². The molecule has 122 valence electrons. The van der Waals surface area contributed by atoms with E-state index in [0.717, 1.165) is 22.3 Å². The predicted octanol–water partition coefficient (Wildman–Crippen LogP) is 3.98. The van der Waals surface area contributed by atoms with Gasteiger partial charge in [-0.25, -0.2) is 9.97 Å². The Morgan fingerprint density at radius 1 is 0.960 bits per heavy atom. The molecule has 2 aromatic carbocycles. The highest BCUT2D eigenvalue weighted by Gasteiger charge is 2.08. The average Bonchev–Trinajstić information content (AvgIpc) is 3.08. The Bertz CT molecular complexity index is 1030. The summed E-state index contributed by atoms with van der Waals surface area (Å²) in [6.45, 7) is 1.96. The molecule has 1 N–H and O–H groups in total. The Morgan fingerprint density at radius 3 is 2.52 bits per heavy atom. The van der Waals surface area contributed by atoms with Crippen LogP contribution in [0.25, 0.3) is 16.7 Å². The van der Waals surface area contributed by atoms with Crippen LogP contribution in [-0.2, 0) is 0 Å². The van der Waals surface area contributed by atoms with Crippen molar-refractivity contribution in [2.75, 3.05) is 5.32 Å². The number of aromatic nitrogens is 3. The third-order valence-corrected chi connectivity index (χ3v) is 4.01. The van der Waals surface area contributed by atoms with Gasteiger partial charge in [0.1, 0.15) is 12.1 Å². The van der Waals surface area contributed by atoms with Crippen LogP contribution < -0.4 is 5.32 Å². The fourth-order valence-electron chi connectivity index (χ4n) is 2.67. The lowest BCUT2D eigenvalue weighted by Crippen LogP contribution is -2.12. The van der Waals surface area contributed by atoms with Crippen LogP contribution >= 0.6 is 0 Å². The van der Waals surface area contributed by atoms with Gasteiger partial charge in [0.05, 0.1) is 11.0 Å². The molecule has 0 saturated carbocycles. The molecule has 2 heterocycles. The first-order valence-electron chi connectivity index (χ1n) is 7.97. The number of aryl methyl sites for hydroxylation is 1. The molecule has 0 unspecified atom stereocenters. The highest BCUT2D eigenvalue weighted by atomic mass is 16.1. The second-order valence-corrected chi connectivity index (χ2v) is 5.83. The number of anilines is 1. The van der Waals surface area contributed by atoms with Crippen molar-refractivity contribution in [2.45, 2.75) is 6.92 Å². The van der Waals surface area contributed by atoms with Gasteiger partial charge in [-0.15, -0.1) is 0 Å². The Kier molecular flexibility index (Phi) is 3.74. The molecule has 0 spiro atoms. The first kappa shape index (κ1) is 15.1. The number of fused-ring (bicyclic) bond motifs is 1. The van der Waals surface area contributed by atoms with E-state index in [4.69, 9.17) is 0 Å². The summed E-state index contributed by atoms with van der Waals surface area (Å²) in [6.07, 6.45) is 3.51. The molecular weight excluding hydrogens is 312 g/mol. The number of para-hydroxylation sites is 2. The lowest BCUT2D eigenvalue weighted by atomic mass is 10.2. The Morgan fingerprint density at radius 2 is 1.76 bits per heavy atom. The molecule has 0 aliphatic rings.